The van der Waals surface area contributed by atoms with Crippen molar-refractivity contribution in [3.8, 4) is 0 Å². The predicted octanol–water partition coefficient (Wildman–Crippen LogP) is 3.24. The van der Waals surface area contributed by atoms with E-state index in [-0.39, 0.29) is 5.41 Å². The molecule has 1 fully saturated rings. The van der Waals surface area contributed by atoms with Gasteiger partial charge in [0.25, 0.3) is 0 Å². The Kier molecular flexibility index (Phi) is 4.82. The third kappa shape index (κ3) is 4.27. The Hall–Kier alpha value is -0.570. The van der Waals surface area contributed by atoms with Gasteiger partial charge in [-0.15, -0.1) is 0 Å². The zero-order valence-electron chi connectivity index (χ0n) is 12.8. The summed E-state index contributed by atoms with van der Waals surface area (Å²) in [6, 6.07) is 0.723. The number of nitrogens with two attached hydrogens (primary N) is 1. The Morgan fingerprint density at radius 1 is 1.33 bits per heavy atom. The van der Waals surface area contributed by atoms with Crippen molar-refractivity contribution in [1.29, 1.82) is 5.41 Å². The van der Waals surface area contributed by atoms with Crippen LogP contribution in [-0.4, -0.2) is 30.4 Å². The fourth-order valence-corrected chi connectivity index (χ4v) is 2.60. The maximum absolute atomic E-state index is 7.60. The molecular formula is C15H31N3. The van der Waals surface area contributed by atoms with E-state index in [1.54, 1.807) is 0 Å². The molecule has 0 aromatic rings. The Balaban J connectivity index is 2.38. The smallest absolute Gasteiger partial charge is 0.0963 e. The van der Waals surface area contributed by atoms with Crippen LogP contribution in [-0.2, 0) is 0 Å². The van der Waals surface area contributed by atoms with Crippen LogP contribution >= 0.6 is 0 Å². The Bertz CT molecular complexity index is 284. The van der Waals surface area contributed by atoms with Gasteiger partial charge < -0.3 is 10.6 Å². The summed E-state index contributed by atoms with van der Waals surface area (Å²) >= 11 is 0. The van der Waals surface area contributed by atoms with Crippen LogP contribution in [0.15, 0.2) is 0 Å². The SMILES string of the molecule is CN(CCC(C)(C)C(=N)N)C1CCC(C)(C)CC1. The van der Waals surface area contributed by atoms with Gasteiger partial charge in [0.1, 0.15) is 0 Å². The molecule has 0 radical (unpaired) electrons. The van der Waals surface area contributed by atoms with E-state index >= 15 is 0 Å². The second-order valence-electron chi connectivity index (χ2n) is 7.42. The normalized spacial score (nSPS) is 21.2. The van der Waals surface area contributed by atoms with Crippen LogP contribution in [0, 0.1) is 16.2 Å². The van der Waals surface area contributed by atoms with E-state index in [0.29, 0.717) is 11.3 Å². The lowest BCUT2D eigenvalue weighted by molar-refractivity contribution is 0.121. The Morgan fingerprint density at radius 3 is 2.28 bits per heavy atom. The van der Waals surface area contributed by atoms with E-state index in [1.165, 1.54) is 25.7 Å². The molecule has 0 amide bonds. The van der Waals surface area contributed by atoms with Gasteiger partial charge in [-0.1, -0.05) is 27.7 Å². The van der Waals surface area contributed by atoms with Gasteiger partial charge in [0.15, 0.2) is 0 Å². The molecule has 1 aliphatic carbocycles. The summed E-state index contributed by atoms with van der Waals surface area (Å²) < 4.78 is 0. The number of nitrogens with zero attached hydrogens (tertiary/aromatic N) is 1. The standard InChI is InChI=1S/C15H31N3/c1-14(2)8-6-12(7-9-14)18(5)11-10-15(3,4)13(16)17/h12H,6-11H2,1-5H3,(H3,16,17). The van der Waals surface area contributed by atoms with Crippen molar-refractivity contribution in [2.45, 2.75) is 65.8 Å². The van der Waals surface area contributed by atoms with E-state index in [0.717, 1.165) is 19.0 Å². The second kappa shape index (κ2) is 5.60. The van der Waals surface area contributed by atoms with Crippen LogP contribution in [0.25, 0.3) is 0 Å². The zero-order valence-corrected chi connectivity index (χ0v) is 12.8. The van der Waals surface area contributed by atoms with Gasteiger partial charge in [-0.25, -0.2) is 0 Å². The van der Waals surface area contributed by atoms with E-state index in [9.17, 15) is 0 Å². The minimum absolute atomic E-state index is 0.164. The molecule has 18 heavy (non-hydrogen) atoms. The molecule has 0 aromatic heterocycles. The molecule has 0 bridgehead atoms. The van der Waals surface area contributed by atoms with E-state index in [2.05, 4.69) is 39.6 Å². The molecule has 3 N–H and O–H groups in total. The summed E-state index contributed by atoms with van der Waals surface area (Å²) in [6.45, 7) is 9.92. The van der Waals surface area contributed by atoms with Crippen molar-refractivity contribution >= 4 is 5.84 Å². The molecule has 0 aromatic carbocycles. The quantitative estimate of drug-likeness (QED) is 0.584. The third-order valence-electron chi connectivity index (χ3n) is 4.75. The van der Waals surface area contributed by atoms with Crippen molar-refractivity contribution < 1.29 is 0 Å². The average molecular weight is 253 g/mol. The molecule has 0 atom stereocenters. The monoisotopic (exact) mass is 253 g/mol. The maximum atomic E-state index is 7.60. The largest absolute Gasteiger partial charge is 0.387 e. The summed E-state index contributed by atoms with van der Waals surface area (Å²) in [7, 11) is 2.22. The van der Waals surface area contributed by atoms with E-state index in [4.69, 9.17) is 11.1 Å². The summed E-state index contributed by atoms with van der Waals surface area (Å²) in [5.41, 5.74) is 6.01. The van der Waals surface area contributed by atoms with E-state index < -0.39 is 0 Å². The van der Waals surface area contributed by atoms with Gasteiger partial charge in [0, 0.05) is 11.5 Å². The minimum Gasteiger partial charge on any atom is -0.387 e. The number of nitrogens with one attached hydrogen (secondary N) is 1. The highest BCUT2D eigenvalue weighted by molar-refractivity contribution is 5.82. The molecule has 106 valence electrons. The number of amidine groups is 1. The fourth-order valence-electron chi connectivity index (χ4n) is 2.60. The third-order valence-corrected chi connectivity index (χ3v) is 4.75. The number of rotatable bonds is 5. The molecule has 3 heteroatoms. The molecular weight excluding hydrogens is 222 g/mol. The minimum atomic E-state index is -0.164. The highest BCUT2D eigenvalue weighted by atomic mass is 15.1. The van der Waals surface area contributed by atoms with Gasteiger partial charge >= 0.3 is 0 Å². The molecule has 0 aliphatic heterocycles. The summed E-state index contributed by atoms with van der Waals surface area (Å²) in [6.07, 6.45) is 6.25. The molecule has 0 saturated heterocycles. The van der Waals surface area contributed by atoms with Crippen molar-refractivity contribution in [3.05, 3.63) is 0 Å². The maximum Gasteiger partial charge on any atom is 0.0963 e. The van der Waals surface area contributed by atoms with Gasteiger partial charge in [-0.3, -0.25) is 5.41 Å². The molecule has 3 nitrogen and oxygen atoms in total. The van der Waals surface area contributed by atoms with Crippen molar-refractivity contribution in [3.63, 3.8) is 0 Å². The molecule has 0 heterocycles. The highest BCUT2D eigenvalue weighted by Crippen LogP contribution is 2.36. The van der Waals surface area contributed by atoms with Gasteiger partial charge in [0.2, 0.25) is 0 Å². The molecule has 0 spiro atoms. The van der Waals surface area contributed by atoms with Crippen LogP contribution in [0.1, 0.15) is 59.8 Å². The van der Waals surface area contributed by atoms with Crippen molar-refractivity contribution in [1.82, 2.24) is 4.90 Å². The van der Waals surface area contributed by atoms with Crippen LogP contribution in [0.5, 0.6) is 0 Å². The average Bonchev–Trinajstić information content (AvgIpc) is 2.25. The second-order valence-corrected chi connectivity index (χ2v) is 7.42. The van der Waals surface area contributed by atoms with Crippen LogP contribution < -0.4 is 5.73 Å². The summed E-state index contributed by atoms with van der Waals surface area (Å²) in [5.74, 6) is 0.306. The lowest BCUT2D eigenvalue weighted by Crippen LogP contribution is -2.40. The topological polar surface area (TPSA) is 53.1 Å². The first-order valence-electron chi connectivity index (χ1n) is 7.19. The van der Waals surface area contributed by atoms with Gasteiger partial charge in [0.05, 0.1) is 5.84 Å². The summed E-state index contributed by atoms with van der Waals surface area (Å²) in [5, 5.41) is 7.60. The lowest BCUT2D eigenvalue weighted by atomic mass is 9.75. The highest BCUT2D eigenvalue weighted by Gasteiger charge is 2.29. The molecule has 1 aliphatic rings. The van der Waals surface area contributed by atoms with Crippen LogP contribution in [0.2, 0.25) is 0 Å². The molecule has 0 unspecified atom stereocenters. The number of hydrogen-bond acceptors (Lipinski definition) is 2. The lowest BCUT2D eigenvalue weighted by Gasteiger charge is -2.39. The Morgan fingerprint density at radius 2 is 1.83 bits per heavy atom. The van der Waals surface area contributed by atoms with Gasteiger partial charge in [-0.2, -0.15) is 0 Å². The molecule has 1 rings (SSSR count). The van der Waals surface area contributed by atoms with Crippen LogP contribution in [0.3, 0.4) is 0 Å². The Labute approximate surface area is 113 Å². The first-order chi connectivity index (χ1) is 8.14. The van der Waals surface area contributed by atoms with Crippen molar-refractivity contribution in [2.75, 3.05) is 13.6 Å². The van der Waals surface area contributed by atoms with E-state index in [1.807, 2.05) is 0 Å². The first kappa shape index (κ1) is 15.5. The number of hydrogen-bond donors (Lipinski definition) is 2. The van der Waals surface area contributed by atoms with Crippen molar-refractivity contribution in [2.24, 2.45) is 16.6 Å². The van der Waals surface area contributed by atoms with Crippen LogP contribution in [0.4, 0.5) is 0 Å². The first-order valence-corrected chi connectivity index (χ1v) is 7.19. The predicted molar refractivity (Wildman–Crippen MR) is 79.0 cm³/mol. The molecule has 1 saturated carbocycles. The fraction of sp³-hybridized carbons (Fsp3) is 0.933. The van der Waals surface area contributed by atoms with Gasteiger partial charge in [-0.05, 0) is 51.1 Å². The zero-order chi connectivity index (χ0) is 14.0. The summed E-state index contributed by atoms with van der Waals surface area (Å²) in [4.78, 5) is 2.47.